The Bertz CT molecular complexity index is 531. The highest BCUT2D eigenvalue weighted by Crippen LogP contribution is 2.25. The number of carbonyl (C=O) groups excluding carboxylic acids is 2. The number of carbonyl (C=O) groups is 2. The van der Waals surface area contributed by atoms with Gasteiger partial charge < -0.3 is 20.3 Å². The molecule has 0 spiro atoms. The fraction of sp³-hybridized carbons (Fsp3) is 0.467. The summed E-state index contributed by atoms with van der Waals surface area (Å²) in [5.41, 5.74) is 0.785. The van der Waals surface area contributed by atoms with Crippen molar-refractivity contribution in [1.82, 2.24) is 10.6 Å². The summed E-state index contributed by atoms with van der Waals surface area (Å²) in [6.45, 7) is 4.25. The third-order valence-electron chi connectivity index (χ3n) is 3.25. The summed E-state index contributed by atoms with van der Waals surface area (Å²) < 4.78 is 5.17. The molecular weight excluding hydrogens is 270 g/mol. The van der Waals surface area contributed by atoms with E-state index in [1.165, 1.54) is 0 Å². The van der Waals surface area contributed by atoms with Gasteiger partial charge in [-0.15, -0.1) is 0 Å². The molecule has 21 heavy (non-hydrogen) atoms. The largest absolute Gasteiger partial charge is 0.497 e. The summed E-state index contributed by atoms with van der Waals surface area (Å²) in [6.07, 6.45) is 0.308. The second kappa shape index (κ2) is 6.47. The summed E-state index contributed by atoms with van der Waals surface area (Å²) in [5, 5.41) is 5.58. The summed E-state index contributed by atoms with van der Waals surface area (Å²) in [4.78, 5) is 25.5. The first-order chi connectivity index (χ1) is 9.99. The van der Waals surface area contributed by atoms with Crippen LogP contribution >= 0.6 is 0 Å². The van der Waals surface area contributed by atoms with Crippen LogP contribution in [0.2, 0.25) is 0 Å². The van der Waals surface area contributed by atoms with Crippen molar-refractivity contribution in [1.29, 1.82) is 0 Å². The molecule has 0 aliphatic carbocycles. The zero-order valence-corrected chi connectivity index (χ0v) is 12.6. The van der Waals surface area contributed by atoms with Crippen molar-refractivity contribution in [3.8, 4) is 5.75 Å². The Balaban J connectivity index is 2.00. The molecule has 0 radical (unpaired) electrons. The summed E-state index contributed by atoms with van der Waals surface area (Å²) >= 11 is 0. The number of benzene rings is 1. The standard InChI is InChI=1S/C15H21N3O3/c1-10(2)16-15(20)17-11-7-14(19)18(9-11)12-5-4-6-13(8-12)21-3/h4-6,8,10-11H,7,9H2,1-3H3,(H2,16,17,20)/t11-/m0/s1. The van der Waals surface area contributed by atoms with Gasteiger partial charge in [-0.2, -0.15) is 0 Å². The molecule has 3 amide bonds. The zero-order valence-electron chi connectivity index (χ0n) is 12.6. The monoisotopic (exact) mass is 291 g/mol. The lowest BCUT2D eigenvalue weighted by Gasteiger charge is -2.18. The smallest absolute Gasteiger partial charge is 0.315 e. The Morgan fingerprint density at radius 3 is 2.86 bits per heavy atom. The van der Waals surface area contributed by atoms with Crippen LogP contribution in [-0.2, 0) is 4.79 Å². The number of hydrogen-bond donors (Lipinski definition) is 2. The number of rotatable bonds is 4. The van der Waals surface area contributed by atoms with Gasteiger partial charge in [-0.3, -0.25) is 4.79 Å². The molecule has 0 aromatic heterocycles. The summed E-state index contributed by atoms with van der Waals surface area (Å²) in [5.74, 6) is 0.701. The minimum absolute atomic E-state index is 0.00176. The van der Waals surface area contributed by atoms with Crippen molar-refractivity contribution < 1.29 is 14.3 Å². The molecule has 0 saturated carbocycles. The lowest BCUT2D eigenvalue weighted by molar-refractivity contribution is -0.117. The average molecular weight is 291 g/mol. The van der Waals surface area contributed by atoms with E-state index >= 15 is 0 Å². The molecule has 1 saturated heterocycles. The highest BCUT2D eigenvalue weighted by atomic mass is 16.5. The maximum atomic E-state index is 12.1. The molecule has 1 fully saturated rings. The van der Waals surface area contributed by atoms with Gasteiger partial charge in [-0.1, -0.05) is 6.07 Å². The minimum Gasteiger partial charge on any atom is -0.497 e. The molecule has 1 heterocycles. The highest BCUT2D eigenvalue weighted by Gasteiger charge is 2.31. The fourth-order valence-electron chi connectivity index (χ4n) is 2.32. The van der Waals surface area contributed by atoms with Crippen molar-refractivity contribution in [3.05, 3.63) is 24.3 Å². The van der Waals surface area contributed by atoms with E-state index < -0.39 is 0 Å². The number of nitrogens with zero attached hydrogens (tertiary/aromatic N) is 1. The Hall–Kier alpha value is -2.24. The van der Waals surface area contributed by atoms with Gasteiger partial charge >= 0.3 is 6.03 Å². The van der Waals surface area contributed by atoms with Gasteiger partial charge in [0.15, 0.2) is 0 Å². The first-order valence-corrected chi connectivity index (χ1v) is 7.01. The van der Waals surface area contributed by atoms with Crippen molar-refractivity contribution in [2.75, 3.05) is 18.6 Å². The molecule has 2 N–H and O–H groups in total. The van der Waals surface area contributed by atoms with Crippen molar-refractivity contribution in [2.45, 2.75) is 32.4 Å². The third-order valence-corrected chi connectivity index (χ3v) is 3.25. The van der Waals surface area contributed by atoms with Gasteiger partial charge in [0.05, 0.1) is 13.2 Å². The van der Waals surface area contributed by atoms with Gasteiger partial charge in [0, 0.05) is 30.8 Å². The van der Waals surface area contributed by atoms with Gasteiger partial charge in [0.25, 0.3) is 0 Å². The van der Waals surface area contributed by atoms with Crippen molar-refractivity contribution >= 4 is 17.6 Å². The van der Waals surface area contributed by atoms with Crippen LogP contribution in [0.3, 0.4) is 0 Å². The van der Waals surface area contributed by atoms with Crippen molar-refractivity contribution in [3.63, 3.8) is 0 Å². The van der Waals surface area contributed by atoms with Crippen LogP contribution in [0.1, 0.15) is 20.3 Å². The Labute approximate surface area is 124 Å². The maximum absolute atomic E-state index is 12.1. The predicted octanol–water partition coefficient (Wildman–Crippen LogP) is 1.51. The molecule has 6 nitrogen and oxygen atoms in total. The number of methoxy groups -OCH3 is 1. The molecule has 1 aromatic carbocycles. The molecule has 1 atom stereocenters. The first kappa shape index (κ1) is 15.2. The number of ether oxygens (including phenoxy) is 1. The van der Waals surface area contributed by atoms with E-state index in [0.29, 0.717) is 18.7 Å². The number of anilines is 1. The van der Waals surface area contributed by atoms with E-state index in [9.17, 15) is 9.59 Å². The number of urea groups is 1. The van der Waals surface area contributed by atoms with Crippen LogP contribution < -0.4 is 20.3 Å². The highest BCUT2D eigenvalue weighted by molar-refractivity contribution is 5.97. The topological polar surface area (TPSA) is 70.7 Å². The van der Waals surface area contributed by atoms with E-state index in [1.54, 1.807) is 12.0 Å². The summed E-state index contributed by atoms with van der Waals surface area (Å²) in [6, 6.07) is 6.99. The van der Waals surface area contributed by atoms with E-state index in [4.69, 9.17) is 4.74 Å². The van der Waals surface area contributed by atoms with Gasteiger partial charge in [0.2, 0.25) is 5.91 Å². The number of nitrogens with one attached hydrogen (secondary N) is 2. The molecule has 0 bridgehead atoms. The molecular formula is C15H21N3O3. The molecule has 6 heteroatoms. The normalized spacial score (nSPS) is 18.0. The van der Waals surface area contributed by atoms with Crippen LogP contribution in [0.25, 0.3) is 0 Å². The van der Waals surface area contributed by atoms with E-state index in [0.717, 1.165) is 5.69 Å². The van der Waals surface area contributed by atoms with Crippen LogP contribution in [0.4, 0.5) is 10.5 Å². The van der Waals surface area contributed by atoms with Crippen LogP contribution in [-0.4, -0.2) is 37.7 Å². The van der Waals surface area contributed by atoms with E-state index in [2.05, 4.69) is 10.6 Å². The molecule has 1 aliphatic rings. The molecule has 1 aromatic rings. The third kappa shape index (κ3) is 3.87. The molecule has 2 rings (SSSR count). The van der Waals surface area contributed by atoms with E-state index in [-0.39, 0.29) is 24.0 Å². The van der Waals surface area contributed by atoms with Crippen LogP contribution in [0, 0.1) is 0 Å². The minimum atomic E-state index is -0.240. The van der Waals surface area contributed by atoms with Crippen molar-refractivity contribution in [2.24, 2.45) is 0 Å². The quantitative estimate of drug-likeness (QED) is 0.883. The number of hydrogen-bond acceptors (Lipinski definition) is 3. The predicted molar refractivity (Wildman–Crippen MR) is 80.6 cm³/mol. The lowest BCUT2D eigenvalue weighted by Crippen LogP contribution is -2.45. The average Bonchev–Trinajstić information content (AvgIpc) is 2.78. The molecule has 1 aliphatic heterocycles. The van der Waals surface area contributed by atoms with Gasteiger partial charge in [-0.25, -0.2) is 4.79 Å². The second-order valence-corrected chi connectivity index (χ2v) is 5.38. The van der Waals surface area contributed by atoms with Crippen LogP contribution in [0.5, 0.6) is 5.75 Å². The Kier molecular flexibility index (Phi) is 4.67. The Morgan fingerprint density at radius 1 is 1.43 bits per heavy atom. The zero-order chi connectivity index (χ0) is 15.4. The maximum Gasteiger partial charge on any atom is 0.315 e. The van der Waals surface area contributed by atoms with Crippen LogP contribution in [0.15, 0.2) is 24.3 Å². The van der Waals surface area contributed by atoms with E-state index in [1.807, 2.05) is 38.1 Å². The van der Waals surface area contributed by atoms with Gasteiger partial charge in [0.1, 0.15) is 5.75 Å². The fourth-order valence-corrected chi connectivity index (χ4v) is 2.32. The molecule has 0 unspecified atom stereocenters. The first-order valence-electron chi connectivity index (χ1n) is 7.01. The SMILES string of the molecule is COc1cccc(N2C[C@@H](NC(=O)NC(C)C)CC2=O)c1. The molecule has 114 valence electrons. The van der Waals surface area contributed by atoms with Gasteiger partial charge in [-0.05, 0) is 26.0 Å². The second-order valence-electron chi connectivity index (χ2n) is 5.38. The number of amides is 3. The lowest BCUT2D eigenvalue weighted by atomic mass is 10.2. The summed E-state index contributed by atoms with van der Waals surface area (Å²) in [7, 11) is 1.59. The Morgan fingerprint density at radius 2 is 2.19 bits per heavy atom.